The molecule has 5 rings (SSSR count). The molecular weight excluding hydrogens is 453 g/mol. The number of hydrogen-bond acceptors (Lipinski definition) is 7. The van der Waals surface area contributed by atoms with Crippen LogP contribution in [0, 0.1) is 5.82 Å². The summed E-state index contributed by atoms with van der Waals surface area (Å²) < 4.78 is 23.8. The molecule has 0 bridgehead atoms. The molecule has 35 heavy (non-hydrogen) atoms. The second-order valence-electron chi connectivity index (χ2n) is 8.95. The maximum atomic E-state index is 15.3. The Labute approximate surface area is 201 Å². The first-order valence-electron chi connectivity index (χ1n) is 11.7. The van der Waals surface area contributed by atoms with Gasteiger partial charge in [-0.25, -0.2) is 13.9 Å². The van der Waals surface area contributed by atoms with E-state index < -0.39 is 11.4 Å². The van der Waals surface area contributed by atoms with Gasteiger partial charge in [0.15, 0.2) is 5.82 Å². The van der Waals surface area contributed by atoms with Crippen LogP contribution in [0.3, 0.4) is 0 Å². The van der Waals surface area contributed by atoms with Crippen molar-refractivity contribution in [1.82, 2.24) is 29.3 Å². The van der Waals surface area contributed by atoms with Crippen LogP contribution < -0.4 is 15.4 Å². The van der Waals surface area contributed by atoms with Crippen LogP contribution in [0.1, 0.15) is 49.5 Å². The molecule has 1 saturated carbocycles. The zero-order chi connectivity index (χ0) is 24.7. The number of aromatic nitrogens is 5. The number of carbonyl (C=O) groups excluding carboxylic acids is 1. The van der Waals surface area contributed by atoms with Gasteiger partial charge in [0.1, 0.15) is 16.9 Å². The second-order valence-corrected chi connectivity index (χ2v) is 8.95. The van der Waals surface area contributed by atoms with Gasteiger partial charge in [0.05, 0.1) is 30.7 Å². The predicted octanol–water partition coefficient (Wildman–Crippen LogP) is 3.05. The molecular formula is C24H28FN7O3. The van der Waals surface area contributed by atoms with Crippen LogP contribution in [0.2, 0.25) is 0 Å². The van der Waals surface area contributed by atoms with Crippen LogP contribution in [-0.2, 0) is 0 Å². The third-order valence-electron chi connectivity index (χ3n) is 6.91. The van der Waals surface area contributed by atoms with Gasteiger partial charge in [-0.05, 0) is 44.2 Å². The van der Waals surface area contributed by atoms with Crippen molar-refractivity contribution >= 4 is 23.0 Å². The van der Waals surface area contributed by atoms with Gasteiger partial charge in [-0.3, -0.25) is 9.20 Å². The molecule has 0 saturated heterocycles. The lowest BCUT2D eigenvalue weighted by Gasteiger charge is -2.35. The first-order chi connectivity index (χ1) is 16.9. The standard InChI is InChI=1S/C24H28FN7O3/c1-4-24(34)9-7-15(8-10-24)28-23-29-22(35-3)20-19(16(25)13-32(20)30-23)14-5-6-18-27-11-17(21(33)26-2)31(18)12-14/h5-6,11-13,15,34H,4,7-10H2,1-3H3,(H,26,33)(H,28,30). The molecule has 0 unspecified atom stereocenters. The number of carbonyl (C=O) groups is 1. The van der Waals surface area contributed by atoms with Gasteiger partial charge in [0.2, 0.25) is 11.8 Å². The number of nitrogens with zero attached hydrogens (tertiary/aromatic N) is 5. The Kier molecular flexibility index (Phi) is 5.79. The molecule has 0 atom stereocenters. The predicted molar refractivity (Wildman–Crippen MR) is 128 cm³/mol. The molecule has 10 nitrogen and oxygen atoms in total. The van der Waals surface area contributed by atoms with E-state index in [2.05, 4.69) is 25.7 Å². The average Bonchev–Trinajstić information content (AvgIpc) is 3.44. The molecule has 184 valence electrons. The quantitative estimate of drug-likeness (QED) is 0.387. The van der Waals surface area contributed by atoms with Gasteiger partial charge in [0.25, 0.3) is 5.91 Å². The molecule has 1 fully saturated rings. The SMILES string of the molecule is CCC1(O)CCC(Nc2nc(OC)c3c(-c4ccc5ncc(C(=O)NC)n5c4)c(F)cn3n2)CC1. The van der Waals surface area contributed by atoms with Crippen molar-refractivity contribution in [3.8, 4) is 17.0 Å². The molecule has 1 amide bonds. The molecule has 4 aromatic rings. The Morgan fingerprint density at radius 2 is 2.09 bits per heavy atom. The highest BCUT2D eigenvalue weighted by molar-refractivity contribution is 5.93. The van der Waals surface area contributed by atoms with E-state index >= 15 is 4.39 Å². The van der Waals surface area contributed by atoms with E-state index in [0.717, 1.165) is 19.3 Å². The summed E-state index contributed by atoms with van der Waals surface area (Å²) in [6, 6.07) is 3.56. The monoisotopic (exact) mass is 481 g/mol. The third-order valence-corrected chi connectivity index (χ3v) is 6.91. The minimum absolute atomic E-state index is 0.107. The molecule has 0 aromatic carbocycles. The number of anilines is 1. The molecule has 0 radical (unpaired) electrons. The number of aliphatic hydroxyl groups is 1. The molecule has 1 aliphatic carbocycles. The lowest BCUT2D eigenvalue weighted by Crippen LogP contribution is -2.38. The van der Waals surface area contributed by atoms with E-state index in [1.807, 2.05) is 6.92 Å². The topological polar surface area (TPSA) is 118 Å². The number of imidazole rings is 1. The van der Waals surface area contributed by atoms with Crippen molar-refractivity contribution in [2.45, 2.75) is 50.7 Å². The molecule has 0 spiro atoms. The van der Waals surface area contributed by atoms with Crippen molar-refractivity contribution in [2.75, 3.05) is 19.5 Å². The number of fused-ring (bicyclic) bond motifs is 2. The highest BCUT2D eigenvalue weighted by atomic mass is 19.1. The number of ether oxygens (including phenoxy) is 1. The molecule has 0 aliphatic heterocycles. The second kappa shape index (κ2) is 8.81. The van der Waals surface area contributed by atoms with Gasteiger partial charge in [-0.2, -0.15) is 4.98 Å². The summed E-state index contributed by atoms with van der Waals surface area (Å²) in [4.78, 5) is 21.0. The van der Waals surface area contributed by atoms with Gasteiger partial charge in [-0.15, -0.1) is 5.10 Å². The number of nitrogens with one attached hydrogen (secondary N) is 2. The number of rotatable bonds is 6. The van der Waals surface area contributed by atoms with Crippen LogP contribution in [0.4, 0.5) is 10.3 Å². The summed E-state index contributed by atoms with van der Waals surface area (Å²) in [5.74, 6) is -0.246. The summed E-state index contributed by atoms with van der Waals surface area (Å²) >= 11 is 0. The Balaban J connectivity index is 1.52. The molecule has 11 heteroatoms. The Morgan fingerprint density at radius 1 is 1.31 bits per heavy atom. The summed E-state index contributed by atoms with van der Waals surface area (Å²) in [7, 11) is 3.02. The van der Waals surface area contributed by atoms with Crippen molar-refractivity contribution in [2.24, 2.45) is 0 Å². The summed E-state index contributed by atoms with van der Waals surface area (Å²) in [6.45, 7) is 2.00. The number of hydrogen-bond donors (Lipinski definition) is 3. The van der Waals surface area contributed by atoms with E-state index in [9.17, 15) is 9.90 Å². The zero-order valence-corrected chi connectivity index (χ0v) is 19.9. The fourth-order valence-electron chi connectivity index (χ4n) is 4.76. The minimum Gasteiger partial charge on any atom is -0.479 e. The minimum atomic E-state index is -0.604. The summed E-state index contributed by atoms with van der Waals surface area (Å²) in [6.07, 6.45) is 8.14. The lowest BCUT2D eigenvalue weighted by atomic mass is 9.80. The lowest BCUT2D eigenvalue weighted by molar-refractivity contribution is -0.00199. The third kappa shape index (κ3) is 4.05. The summed E-state index contributed by atoms with van der Waals surface area (Å²) in [5.41, 5.74) is 1.46. The van der Waals surface area contributed by atoms with Crippen LogP contribution in [0.5, 0.6) is 5.88 Å². The number of amides is 1. The van der Waals surface area contributed by atoms with E-state index in [1.165, 1.54) is 31.1 Å². The highest BCUT2D eigenvalue weighted by Gasteiger charge is 2.32. The van der Waals surface area contributed by atoms with Gasteiger partial charge >= 0.3 is 0 Å². The largest absolute Gasteiger partial charge is 0.479 e. The maximum absolute atomic E-state index is 15.3. The van der Waals surface area contributed by atoms with Crippen LogP contribution in [-0.4, -0.2) is 60.8 Å². The number of halogens is 1. The number of methoxy groups -OCH3 is 1. The Bertz CT molecular complexity index is 1410. The van der Waals surface area contributed by atoms with Crippen LogP contribution in [0.25, 0.3) is 22.3 Å². The van der Waals surface area contributed by atoms with E-state index in [-0.39, 0.29) is 23.4 Å². The van der Waals surface area contributed by atoms with Crippen LogP contribution in [0.15, 0.2) is 30.7 Å². The molecule has 4 heterocycles. The summed E-state index contributed by atoms with van der Waals surface area (Å²) in [5, 5.41) is 20.9. The fourth-order valence-corrected chi connectivity index (χ4v) is 4.76. The average molecular weight is 482 g/mol. The van der Waals surface area contributed by atoms with E-state index in [1.54, 1.807) is 22.7 Å². The van der Waals surface area contributed by atoms with E-state index in [4.69, 9.17) is 4.74 Å². The smallest absolute Gasteiger partial charge is 0.269 e. The Hall–Kier alpha value is -3.73. The molecule has 3 N–H and O–H groups in total. The first kappa shape index (κ1) is 23.0. The van der Waals surface area contributed by atoms with Crippen molar-refractivity contribution in [3.63, 3.8) is 0 Å². The first-order valence-corrected chi connectivity index (χ1v) is 11.7. The Morgan fingerprint density at radius 3 is 2.77 bits per heavy atom. The zero-order valence-electron chi connectivity index (χ0n) is 19.9. The normalized spacial score (nSPS) is 20.3. The van der Waals surface area contributed by atoms with Gasteiger partial charge < -0.3 is 20.5 Å². The fraction of sp³-hybridized carbons (Fsp3) is 0.417. The highest BCUT2D eigenvalue weighted by Crippen LogP contribution is 2.35. The van der Waals surface area contributed by atoms with Crippen molar-refractivity contribution in [3.05, 3.63) is 42.2 Å². The molecule has 1 aliphatic rings. The number of pyridine rings is 1. The van der Waals surface area contributed by atoms with Crippen molar-refractivity contribution < 1.29 is 19.0 Å². The molecule has 4 aromatic heterocycles. The van der Waals surface area contributed by atoms with Gasteiger partial charge in [0, 0.05) is 24.8 Å². The van der Waals surface area contributed by atoms with Crippen molar-refractivity contribution in [1.29, 1.82) is 0 Å². The van der Waals surface area contributed by atoms with Crippen LogP contribution >= 0.6 is 0 Å². The van der Waals surface area contributed by atoms with E-state index in [0.29, 0.717) is 41.2 Å². The van der Waals surface area contributed by atoms with Gasteiger partial charge in [-0.1, -0.05) is 6.92 Å². The maximum Gasteiger partial charge on any atom is 0.269 e.